The lowest BCUT2D eigenvalue weighted by atomic mass is 9.83. The maximum atomic E-state index is 11.8. The van der Waals surface area contributed by atoms with Crippen molar-refractivity contribution in [3.8, 4) is 5.75 Å². The minimum absolute atomic E-state index is 0.242. The van der Waals surface area contributed by atoms with Crippen molar-refractivity contribution >= 4 is 11.0 Å². The van der Waals surface area contributed by atoms with Crippen LogP contribution in [0.1, 0.15) is 55.2 Å². The van der Waals surface area contributed by atoms with Gasteiger partial charge in [0.15, 0.2) is 0 Å². The molecule has 2 atom stereocenters. The Bertz CT molecular complexity index is 984. The molecular formula is C26H38N2O4. The van der Waals surface area contributed by atoms with Gasteiger partial charge in [0.05, 0.1) is 0 Å². The fraction of sp³-hybridized carbons (Fsp3) is 0.654. The van der Waals surface area contributed by atoms with Crippen LogP contribution in [-0.4, -0.2) is 60.8 Å². The summed E-state index contributed by atoms with van der Waals surface area (Å²) >= 11 is 0. The molecule has 2 aromatic rings. The van der Waals surface area contributed by atoms with Crippen LogP contribution < -0.4 is 5.63 Å². The van der Waals surface area contributed by atoms with Crippen molar-refractivity contribution in [3.05, 3.63) is 39.2 Å². The number of rotatable bonds is 8. The van der Waals surface area contributed by atoms with E-state index < -0.39 is 0 Å². The van der Waals surface area contributed by atoms with Crippen LogP contribution in [0.25, 0.3) is 11.0 Å². The summed E-state index contributed by atoms with van der Waals surface area (Å²) in [7, 11) is 1.75. The molecule has 0 bridgehead atoms. The van der Waals surface area contributed by atoms with Gasteiger partial charge in [0, 0.05) is 62.0 Å². The topological polar surface area (TPSA) is 66.1 Å². The molecule has 0 amide bonds. The van der Waals surface area contributed by atoms with Gasteiger partial charge in [0.2, 0.25) is 0 Å². The molecule has 3 heterocycles. The molecule has 0 spiro atoms. The van der Waals surface area contributed by atoms with Crippen LogP contribution in [-0.2, 0) is 11.3 Å². The summed E-state index contributed by atoms with van der Waals surface area (Å²) in [4.78, 5) is 17.1. The largest absolute Gasteiger partial charge is 0.507 e. The predicted octanol–water partition coefficient (Wildman–Crippen LogP) is 4.22. The van der Waals surface area contributed by atoms with Crippen molar-refractivity contribution in [3.63, 3.8) is 0 Å². The lowest BCUT2D eigenvalue weighted by molar-refractivity contribution is 0.0372. The molecule has 2 fully saturated rings. The Morgan fingerprint density at radius 2 is 2.00 bits per heavy atom. The smallest absolute Gasteiger partial charge is 0.336 e. The standard InChI is InChI=1S/C26H38N2O4/c1-18-14-24(29)32-26-19(2)25(30)21(15-22(18)26)17-27(10-7-13-31-3)16-20-8-6-12-28-11-5-4-9-23(20)28/h14-15,20,23,30H,4-13,16-17H2,1-3H3. The number of nitrogens with zero attached hydrogens (tertiary/aromatic N) is 2. The molecule has 0 aliphatic carbocycles. The first kappa shape index (κ1) is 23.3. The summed E-state index contributed by atoms with van der Waals surface area (Å²) in [6.45, 7) is 9.67. The molecule has 2 saturated heterocycles. The van der Waals surface area contributed by atoms with E-state index in [-0.39, 0.29) is 11.4 Å². The Morgan fingerprint density at radius 1 is 1.19 bits per heavy atom. The Labute approximate surface area is 191 Å². The molecule has 2 aliphatic heterocycles. The maximum absolute atomic E-state index is 11.8. The van der Waals surface area contributed by atoms with Crippen molar-refractivity contribution < 1.29 is 14.3 Å². The highest BCUT2D eigenvalue weighted by atomic mass is 16.5. The molecule has 32 heavy (non-hydrogen) atoms. The fourth-order valence-corrected chi connectivity index (χ4v) is 5.82. The third kappa shape index (κ3) is 5.03. The number of aromatic hydroxyl groups is 1. The molecule has 1 aromatic carbocycles. The number of ether oxygens (including phenoxy) is 1. The van der Waals surface area contributed by atoms with Crippen LogP contribution in [0.2, 0.25) is 0 Å². The molecule has 2 aliphatic rings. The zero-order valence-electron chi connectivity index (χ0n) is 19.9. The Hall–Kier alpha value is -1.89. The summed E-state index contributed by atoms with van der Waals surface area (Å²) in [6.07, 6.45) is 7.53. The van der Waals surface area contributed by atoms with Crippen LogP contribution >= 0.6 is 0 Å². The van der Waals surface area contributed by atoms with Gasteiger partial charge in [-0.05, 0) is 76.6 Å². The number of hydrogen-bond donors (Lipinski definition) is 1. The molecule has 1 aromatic heterocycles. The van der Waals surface area contributed by atoms with Gasteiger partial charge in [0.25, 0.3) is 0 Å². The highest BCUT2D eigenvalue weighted by Gasteiger charge is 2.34. The van der Waals surface area contributed by atoms with E-state index in [0.717, 1.165) is 42.6 Å². The van der Waals surface area contributed by atoms with Crippen molar-refractivity contribution in [1.82, 2.24) is 9.80 Å². The van der Waals surface area contributed by atoms with Gasteiger partial charge in [-0.15, -0.1) is 0 Å². The van der Waals surface area contributed by atoms with Gasteiger partial charge in [-0.25, -0.2) is 4.79 Å². The number of fused-ring (bicyclic) bond motifs is 2. The lowest BCUT2D eigenvalue weighted by Gasteiger charge is -2.45. The summed E-state index contributed by atoms with van der Waals surface area (Å²) in [5.74, 6) is 0.918. The molecule has 176 valence electrons. The van der Waals surface area contributed by atoms with Crippen LogP contribution in [0.15, 0.2) is 21.3 Å². The van der Waals surface area contributed by atoms with E-state index in [2.05, 4.69) is 9.80 Å². The zero-order chi connectivity index (χ0) is 22.7. The molecular weight excluding hydrogens is 404 g/mol. The first-order valence-electron chi connectivity index (χ1n) is 12.2. The van der Waals surface area contributed by atoms with Crippen molar-refractivity contribution in [2.45, 2.75) is 65.0 Å². The highest BCUT2D eigenvalue weighted by Crippen LogP contribution is 2.34. The molecule has 0 saturated carbocycles. The predicted molar refractivity (Wildman–Crippen MR) is 127 cm³/mol. The van der Waals surface area contributed by atoms with Crippen molar-refractivity contribution in [2.75, 3.05) is 39.9 Å². The minimum atomic E-state index is -0.374. The normalized spacial score (nSPS) is 21.9. The third-order valence-corrected chi connectivity index (χ3v) is 7.46. The average Bonchev–Trinajstić information content (AvgIpc) is 2.78. The summed E-state index contributed by atoms with van der Waals surface area (Å²) in [5, 5.41) is 11.9. The van der Waals surface area contributed by atoms with Gasteiger partial charge in [-0.3, -0.25) is 4.90 Å². The molecule has 0 radical (unpaired) electrons. The van der Waals surface area contributed by atoms with Crippen LogP contribution in [0.3, 0.4) is 0 Å². The molecule has 6 nitrogen and oxygen atoms in total. The number of methoxy groups -OCH3 is 1. The van der Waals surface area contributed by atoms with Crippen molar-refractivity contribution in [2.24, 2.45) is 5.92 Å². The van der Waals surface area contributed by atoms with E-state index in [0.29, 0.717) is 29.7 Å². The summed E-state index contributed by atoms with van der Waals surface area (Å²) in [6, 6.07) is 4.23. The monoisotopic (exact) mass is 442 g/mol. The molecule has 4 rings (SSSR count). The summed E-state index contributed by atoms with van der Waals surface area (Å²) < 4.78 is 10.7. The average molecular weight is 443 g/mol. The SMILES string of the molecule is COCCCN(Cc1cc2c(C)cc(=O)oc2c(C)c1O)CC1CCCN2CCCCC12. The number of hydrogen-bond acceptors (Lipinski definition) is 6. The number of aryl methyl sites for hydroxylation is 2. The highest BCUT2D eigenvalue weighted by molar-refractivity contribution is 5.85. The van der Waals surface area contributed by atoms with Crippen molar-refractivity contribution in [1.29, 1.82) is 0 Å². The molecule has 6 heteroatoms. The first-order chi connectivity index (χ1) is 15.5. The maximum Gasteiger partial charge on any atom is 0.336 e. The van der Waals surface area contributed by atoms with E-state index in [4.69, 9.17) is 9.15 Å². The van der Waals surface area contributed by atoms with Gasteiger partial charge in [-0.1, -0.05) is 6.42 Å². The van der Waals surface area contributed by atoms with E-state index in [1.807, 2.05) is 19.9 Å². The second-order valence-electron chi connectivity index (χ2n) is 9.72. The fourth-order valence-electron chi connectivity index (χ4n) is 5.82. The van der Waals surface area contributed by atoms with E-state index in [1.165, 1.54) is 51.3 Å². The Kier molecular flexibility index (Phi) is 7.54. The Morgan fingerprint density at radius 3 is 2.81 bits per heavy atom. The van der Waals surface area contributed by atoms with Crippen LogP contribution in [0, 0.1) is 19.8 Å². The summed E-state index contributed by atoms with van der Waals surface area (Å²) in [5.41, 5.74) is 2.55. The number of benzene rings is 1. The van der Waals surface area contributed by atoms with Crippen LogP contribution in [0.5, 0.6) is 5.75 Å². The third-order valence-electron chi connectivity index (χ3n) is 7.46. The number of phenolic OH excluding ortho intramolecular Hbond substituents is 1. The van der Waals surface area contributed by atoms with E-state index in [1.54, 1.807) is 7.11 Å². The molecule has 2 unspecified atom stereocenters. The Balaban J connectivity index is 1.59. The molecule has 1 N–H and O–H groups in total. The first-order valence-corrected chi connectivity index (χ1v) is 12.2. The van der Waals surface area contributed by atoms with Gasteiger partial charge < -0.3 is 19.2 Å². The van der Waals surface area contributed by atoms with E-state index >= 15 is 0 Å². The zero-order valence-corrected chi connectivity index (χ0v) is 19.9. The minimum Gasteiger partial charge on any atom is -0.507 e. The number of phenols is 1. The quantitative estimate of drug-likeness (QED) is 0.488. The second-order valence-corrected chi connectivity index (χ2v) is 9.72. The lowest BCUT2D eigenvalue weighted by Crippen LogP contribution is -2.51. The second kappa shape index (κ2) is 10.4. The number of piperidine rings is 2. The van der Waals surface area contributed by atoms with Gasteiger partial charge >= 0.3 is 5.63 Å². The van der Waals surface area contributed by atoms with Crippen LogP contribution in [0.4, 0.5) is 0 Å². The van der Waals surface area contributed by atoms with Gasteiger partial charge in [0.1, 0.15) is 11.3 Å². The van der Waals surface area contributed by atoms with E-state index in [9.17, 15) is 9.90 Å². The van der Waals surface area contributed by atoms with Gasteiger partial charge in [-0.2, -0.15) is 0 Å².